The van der Waals surface area contributed by atoms with Crippen LogP contribution in [-0.2, 0) is 9.53 Å². The van der Waals surface area contributed by atoms with Gasteiger partial charge in [0, 0.05) is 74.8 Å². The number of halogens is 1. The van der Waals surface area contributed by atoms with Crippen molar-refractivity contribution in [2.24, 2.45) is 16.8 Å². The summed E-state index contributed by atoms with van der Waals surface area (Å²) in [5.41, 5.74) is 5.08. The Morgan fingerprint density at radius 2 is 1.95 bits per heavy atom. The number of rotatable bonds is 5. The first-order valence-corrected chi connectivity index (χ1v) is 16.0. The maximum Gasteiger partial charge on any atom is 0.257 e. The number of carbonyl (C=O) groups is 1. The van der Waals surface area contributed by atoms with Gasteiger partial charge in [0.15, 0.2) is 0 Å². The molecule has 0 saturated carbocycles. The molecule has 0 bridgehead atoms. The molecule has 10 heteroatoms. The third kappa shape index (κ3) is 5.49. The summed E-state index contributed by atoms with van der Waals surface area (Å²) in [7, 11) is 2.15. The number of aliphatic imine (C=N–C) groups is 1. The Kier molecular flexibility index (Phi) is 7.88. The van der Waals surface area contributed by atoms with E-state index in [4.69, 9.17) is 14.7 Å². The van der Waals surface area contributed by atoms with E-state index in [2.05, 4.69) is 40.1 Å². The fraction of sp³-hybridized carbons (Fsp3) is 0.500. The molecular formula is C34H42FN7O2. The molecular weight excluding hydrogens is 557 g/mol. The third-order valence-corrected chi connectivity index (χ3v) is 9.77. The van der Waals surface area contributed by atoms with Gasteiger partial charge in [-0.2, -0.15) is 0 Å². The third-order valence-electron chi connectivity index (χ3n) is 9.77. The number of allylic oxidation sites excluding steroid dienone is 1. The van der Waals surface area contributed by atoms with Crippen molar-refractivity contribution in [3.05, 3.63) is 70.8 Å². The van der Waals surface area contributed by atoms with E-state index in [0.717, 1.165) is 74.8 Å². The zero-order chi connectivity index (χ0) is 30.4. The number of hydrogen-bond acceptors (Lipinski definition) is 7. The molecule has 0 aromatic carbocycles. The van der Waals surface area contributed by atoms with Crippen LogP contribution in [0.1, 0.15) is 49.3 Å². The zero-order valence-electron chi connectivity index (χ0n) is 25.8. The lowest BCUT2D eigenvalue weighted by Crippen LogP contribution is -2.49. The van der Waals surface area contributed by atoms with Crippen molar-refractivity contribution in [3.63, 3.8) is 0 Å². The molecule has 3 saturated heterocycles. The molecule has 0 spiro atoms. The number of anilines is 2. The van der Waals surface area contributed by atoms with Gasteiger partial charge < -0.3 is 29.7 Å². The number of carbonyl (C=O) groups excluding carboxylic acids is 1. The normalized spacial score (nSPS) is 28.9. The molecule has 44 heavy (non-hydrogen) atoms. The number of H-pyrrole nitrogens is 1. The smallest absolute Gasteiger partial charge is 0.257 e. The summed E-state index contributed by atoms with van der Waals surface area (Å²) in [6.45, 7) is 9.53. The molecule has 9 nitrogen and oxygen atoms in total. The lowest BCUT2D eigenvalue weighted by atomic mass is 9.77. The summed E-state index contributed by atoms with van der Waals surface area (Å²) < 4.78 is 22.2. The van der Waals surface area contributed by atoms with Crippen LogP contribution in [0.4, 0.5) is 15.9 Å². The number of amides is 1. The van der Waals surface area contributed by atoms with Crippen LogP contribution in [0.25, 0.3) is 6.08 Å². The summed E-state index contributed by atoms with van der Waals surface area (Å²) in [5.74, 6) is 0.782. The number of amidine groups is 1. The number of likely N-dealkylation sites (tertiary alicyclic amines) is 1. The molecule has 7 rings (SSSR count). The topological polar surface area (TPSA) is 89.1 Å². The maximum atomic E-state index is 15.6. The molecule has 3 fully saturated rings. The van der Waals surface area contributed by atoms with Crippen molar-refractivity contribution >= 4 is 29.3 Å². The Labute approximate surface area is 258 Å². The van der Waals surface area contributed by atoms with Crippen LogP contribution in [0.2, 0.25) is 0 Å². The maximum absolute atomic E-state index is 15.6. The quantitative estimate of drug-likeness (QED) is 0.510. The highest BCUT2D eigenvalue weighted by atomic mass is 19.1. The minimum atomic E-state index is -1.13. The van der Waals surface area contributed by atoms with Crippen molar-refractivity contribution in [2.75, 3.05) is 56.5 Å². The van der Waals surface area contributed by atoms with Crippen LogP contribution in [0, 0.1) is 18.8 Å². The molecule has 2 aromatic rings. The molecule has 6 heterocycles. The summed E-state index contributed by atoms with van der Waals surface area (Å²) in [4.78, 5) is 33.3. The molecule has 232 valence electrons. The number of piperazine rings is 1. The largest absolute Gasteiger partial charge is 0.370 e. The summed E-state index contributed by atoms with van der Waals surface area (Å²) >= 11 is 0. The van der Waals surface area contributed by atoms with Gasteiger partial charge in [0.1, 0.15) is 17.8 Å². The number of alkyl halides is 1. The molecule has 2 N–H and O–H groups in total. The SMILES string of the molecule is Cc1cc2c([nH]1)C=CC(C1CC(C3=C(C(=O)N4CCC4)C(Nc4ccc(N5CCN(C)CC5)cn4)=NC=CCC3C)O1)C2F. The van der Waals surface area contributed by atoms with E-state index in [1.54, 1.807) is 6.20 Å². The number of fused-ring (bicyclic) bond motifs is 1. The van der Waals surface area contributed by atoms with Crippen molar-refractivity contribution in [3.8, 4) is 0 Å². The average Bonchev–Trinajstić information content (AvgIpc) is 3.35. The number of aryl methyl sites for hydroxylation is 1. The minimum absolute atomic E-state index is 0.0332. The van der Waals surface area contributed by atoms with E-state index in [1.165, 1.54) is 0 Å². The van der Waals surface area contributed by atoms with Crippen LogP contribution in [-0.4, -0.2) is 90.0 Å². The van der Waals surface area contributed by atoms with E-state index in [-0.39, 0.29) is 30.0 Å². The fourth-order valence-corrected chi connectivity index (χ4v) is 6.96. The second kappa shape index (κ2) is 12.0. The number of nitrogens with one attached hydrogen (secondary N) is 2. The number of nitrogens with zero attached hydrogens (tertiary/aromatic N) is 5. The number of aromatic nitrogens is 2. The van der Waals surface area contributed by atoms with Crippen LogP contribution in [0.3, 0.4) is 0 Å². The molecule has 5 unspecified atom stereocenters. The number of pyridine rings is 1. The van der Waals surface area contributed by atoms with E-state index in [1.807, 2.05) is 48.4 Å². The van der Waals surface area contributed by atoms with Crippen molar-refractivity contribution in [1.29, 1.82) is 0 Å². The first-order valence-electron chi connectivity index (χ1n) is 16.0. The number of ether oxygens (including phenoxy) is 1. The molecule has 2 aromatic heterocycles. The fourth-order valence-electron chi connectivity index (χ4n) is 6.96. The van der Waals surface area contributed by atoms with Gasteiger partial charge in [0.2, 0.25) is 0 Å². The highest BCUT2D eigenvalue weighted by Crippen LogP contribution is 2.46. The second-order valence-electron chi connectivity index (χ2n) is 12.9. The Hall–Kier alpha value is -3.76. The lowest BCUT2D eigenvalue weighted by molar-refractivity contribution is -0.140. The van der Waals surface area contributed by atoms with E-state index < -0.39 is 6.17 Å². The summed E-state index contributed by atoms with van der Waals surface area (Å²) in [6, 6.07) is 5.92. The van der Waals surface area contributed by atoms with Crippen LogP contribution >= 0.6 is 0 Å². The highest BCUT2D eigenvalue weighted by Gasteiger charge is 2.46. The molecule has 5 atom stereocenters. The van der Waals surface area contributed by atoms with Gasteiger partial charge in [-0.15, -0.1) is 0 Å². The first kappa shape index (κ1) is 29.0. The van der Waals surface area contributed by atoms with Crippen molar-refractivity contribution < 1.29 is 13.9 Å². The number of likely N-dealkylation sites (N-methyl/N-ethyl adjacent to an activating group) is 1. The van der Waals surface area contributed by atoms with Crippen LogP contribution < -0.4 is 10.2 Å². The van der Waals surface area contributed by atoms with Gasteiger partial charge in [0.25, 0.3) is 5.91 Å². The Balaban J connectivity index is 1.15. The van der Waals surface area contributed by atoms with Gasteiger partial charge in [-0.3, -0.25) is 4.79 Å². The molecule has 5 aliphatic rings. The Morgan fingerprint density at radius 3 is 2.66 bits per heavy atom. The van der Waals surface area contributed by atoms with E-state index in [0.29, 0.717) is 29.2 Å². The summed E-state index contributed by atoms with van der Waals surface area (Å²) in [6.07, 6.45) is 10.3. The highest BCUT2D eigenvalue weighted by molar-refractivity contribution is 6.26. The lowest BCUT2D eigenvalue weighted by Gasteiger charge is -2.45. The standard InChI is InChI=1S/C34H42FN7O2/c1-21-6-4-11-36-33(39-29-10-7-23(20-37-29)41-16-14-40(3)15-17-41)31(34(43)42-12-5-13-42)30(21)28-19-27(44-28)24-8-9-26-25(32(24)35)18-22(2)38-26/h4,7-11,18,20-21,24,27-28,32,38H,5-6,12-17,19H2,1-3H3,(H,36,37,39). The van der Waals surface area contributed by atoms with Gasteiger partial charge >= 0.3 is 0 Å². The van der Waals surface area contributed by atoms with Crippen molar-refractivity contribution in [1.82, 2.24) is 19.8 Å². The van der Waals surface area contributed by atoms with Gasteiger partial charge in [-0.1, -0.05) is 19.1 Å². The molecule has 0 radical (unpaired) electrons. The Bertz CT molecular complexity index is 1510. The molecule has 4 aliphatic heterocycles. The number of aromatic amines is 1. The van der Waals surface area contributed by atoms with Gasteiger partial charge in [-0.05, 0) is 62.6 Å². The van der Waals surface area contributed by atoms with Crippen molar-refractivity contribution in [2.45, 2.75) is 51.5 Å². The van der Waals surface area contributed by atoms with E-state index >= 15 is 4.39 Å². The van der Waals surface area contributed by atoms with Crippen LogP contribution in [0.15, 0.2) is 58.9 Å². The Morgan fingerprint density at radius 1 is 1.16 bits per heavy atom. The first-order chi connectivity index (χ1) is 21.4. The number of hydrogen-bond donors (Lipinski definition) is 2. The minimum Gasteiger partial charge on any atom is -0.370 e. The second-order valence-corrected chi connectivity index (χ2v) is 12.9. The predicted octanol–water partition coefficient (Wildman–Crippen LogP) is 4.87. The predicted molar refractivity (Wildman–Crippen MR) is 171 cm³/mol. The summed E-state index contributed by atoms with van der Waals surface area (Å²) in [5, 5.41) is 3.39. The zero-order valence-corrected chi connectivity index (χ0v) is 25.8. The van der Waals surface area contributed by atoms with Gasteiger partial charge in [0.05, 0.1) is 29.7 Å². The van der Waals surface area contributed by atoms with E-state index in [9.17, 15) is 4.79 Å². The van der Waals surface area contributed by atoms with Crippen LogP contribution in [0.5, 0.6) is 0 Å². The molecule has 1 aliphatic carbocycles. The average molecular weight is 600 g/mol. The van der Waals surface area contributed by atoms with Gasteiger partial charge in [-0.25, -0.2) is 14.4 Å². The monoisotopic (exact) mass is 599 g/mol. The molecule has 1 amide bonds.